The Hall–Kier alpha value is -0.930. The Morgan fingerprint density at radius 2 is 2.14 bits per heavy atom. The molecule has 0 spiro atoms. The lowest BCUT2D eigenvalue weighted by Gasteiger charge is -2.20. The van der Waals surface area contributed by atoms with Crippen LogP contribution in [0.1, 0.15) is 32.9 Å². The van der Waals surface area contributed by atoms with Crippen LogP contribution in [0.5, 0.6) is 0 Å². The molecule has 0 unspecified atom stereocenters. The normalized spacial score (nSPS) is 12.3. The summed E-state index contributed by atoms with van der Waals surface area (Å²) in [7, 11) is 1.63. The predicted octanol–water partition coefficient (Wildman–Crippen LogP) is 2.57. The van der Waals surface area contributed by atoms with Gasteiger partial charge in [0, 0.05) is 12.4 Å². The van der Waals surface area contributed by atoms with Crippen LogP contribution in [0.3, 0.4) is 0 Å². The molecule has 3 heteroatoms. The zero-order valence-corrected chi connectivity index (χ0v) is 8.32. The van der Waals surface area contributed by atoms with Crippen LogP contribution in [0.15, 0.2) is 24.5 Å². The molecule has 0 aliphatic carbocycles. The van der Waals surface area contributed by atoms with Crippen LogP contribution in [0.25, 0.3) is 0 Å². The Morgan fingerprint density at radius 1 is 1.43 bits per heavy atom. The number of hydrogen-bond donors (Lipinski definition) is 1. The highest BCUT2D eigenvalue weighted by atomic mass is 16.6. The average molecular weight is 196 g/mol. The molecule has 0 aliphatic rings. The van der Waals surface area contributed by atoms with E-state index < -0.39 is 0 Å². The van der Waals surface area contributed by atoms with Gasteiger partial charge in [-0.3, -0.25) is 4.98 Å². The molecule has 14 heavy (non-hydrogen) atoms. The summed E-state index contributed by atoms with van der Waals surface area (Å²) in [5.41, 5.74) is 4.11. The van der Waals surface area contributed by atoms with Crippen LogP contribution < -0.4 is 5.48 Å². The van der Waals surface area contributed by atoms with Gasteiger partial charge in [0.15, 0.2) is 0 Å². The van der Waals surface area contributed by atoms with Crippen molar-refractivity contribution in [1.82, 2.24) is 10.5 Å². The maximum atomic E-state index is 4.94. The van der Waals surface area contributed by atoms with Gasteiger partial charge in [-0.05, 0) is 17.5 Å². The Kier molecular flexibility index (Phi) is 6.08. The van der Waals surface area contributed by atoms with E-state index in [1.807, 2.05) is 18.3 Å². The smallest absolute Gasteiger partial charge is 0.0609 e. The van der Waals surface area contributed by atoms with Crippen molar-refractivity contribution in [2.24, 2.45) is 5.92 Å². The van der Waals surface area contributed by atoms with Crippen molar-refractivity contribution in [1.29, 1.82) is 0 Å². The highest BCUT2D eigenvalue weighted by molar-refractivity contribution is 5.13. The fourth-order valence-electron chi connectivity index (χ4n) is 1.28. The zero-order valence-electron chi connectivity index (χ0n) is 8.32. The topological polar surface area (TPSA) is 34.1 Å². The lowest BCUT2D eigenvalue weighted by molar-refractivity contribution is 0.0458. The first kappa shape index (κ1) is 13.1. The number of pyridine rings is 1. The summed E-state index contributed by atoms with van der Waals surface area (Å²) in [6.07, 6.45) is 3.63. The minimum atomic E-state index is 0. The number of nitrogens with zero attached hydrogens (tertiary/aromatic N) is 1. The molecule has 80 valence electrons. The fraction of sp³-hybridized carbons (Fsp3) is 0.545. The molecule has 3 nitrogen and oxygen atoms in total. The predicted molar refractivity (Wildman–Crippen MR) is 58.7 cm³/mol. The SMILES string of the molecule is C.CON[C@@H](c1cccnc1)C(C)C. The van der Waals surface area contributed by atoms with Crippen LogP contribution in [-0.4, -0.2) is 12.1 Å². The molecule has 1 aromatic rings. The molecule has 1 heterocycles. The van der Waals surface area contributed by atoms with Gasteiger partial charge in [-0.1, -0.05) is 27.3 Å². The minimum Gasteiger partial charge on any atom is -0.305 e. The Bertz CT molecular complexity index is 236. The van der Waals surface area contributed by atoms with Crippen molar-refractivity contribution in [3.05, 3.63) is 30.1 Å². The van der Waals surface area contributed by atoms with E-state index >= 15 is 0 Å². The molecule has 0 saturated heterocycles. The highest BCUT2D eigenvalue weighted by Gasteiger charge is 2.14. The van der Waals surface area contributed by atoms with Crippen molar-refractivity contribution >= 4 is 0 Å². The summed E-state index contributed by atoms with van der Waals surface area (Å²) in [6, 6.07) is 4.19. The zero-order chi connectivity index (χ0) is 9.68. The molecule has 1 N–H and O–H groups in total. The molecule has 1 aromatic heterocycles. The van der Waals surface area contributed by atoms with Crippen molar-refractivity contribution in [3.8, 4) is 0 Å². The van der Waals surface area contributed by atoms with Crippen molar-refractivity contribution in [3.63, 3.8) is 0 Å². The van der Waals surface area contributed by atoms with E-state index in [0.29, 0.717) is 5.92 Å². The van der Waals surface area contributed by atoms with Gasteiger partial charge in [0.1, 0.15) is 0 Å². The number of hydroxylamine groups is 1. The molecule has 0 amide bonds. The van der Waals surface area contributed by atoms with Crippen LogP contribution in [0.2, 0.25) is 0 Å². The summed E-state index contributed by atoms with van der Waals surface area (Å²) in [4.78, 5) is 9.02. The van der Waals surface area contributed by atoms with Gasteiger partial charge in [0.05, 0.1) is 13.2 Å². The van der Waals surface area contributed by atoms with E-state index in [1.54, 1.807) is 13.3 Å². The monoisotopic (exact) mass is 196 g/mol. The third-order valence-electron chi connectivity index (χ3n) is 1.96. The van der Waals surface area contributed by atoms with Crippen LogP contribution in [0, 0.1) is 5.92 Å². The van der Waals surface area contributed by atoms with Gasteiger partial charge in [-0.2, -0.15) is 5.48 Å². The van der Waals surface area contributed by atoms with E-state index in [-0.39, 0.29) is 13.5 Å². The first-order valence-corrected chi connectivity index (χ1v) is 4.44. The molecule has 0 aromatic carbocycles. The number of aromatic nitrogens is 1. The number of rotatable bonds is 4. The maximum absolute atomic E-state index is 4.94. The second-order valence-corrected chi connectivity index (χ2v) is 3.33. The average Bonchev–Trinajstić information content (AvgIpc) is 2.15. The minimum absolute atomic E-state index is 0. The third-order valence-corrected chi connectivity index (χ3v) is 1.96. The van der Waals surface area contributed by atoms with Crippen molar-refractivity contribution in [2.75, 3.05) is 7.11 Å². The molecular formula is C11H20N2O. The van der Waals surface area contributed by atoms with Crippen molar-refractivity contribution in [2.45, 2.75) is 27.3 Å². The second-order valence-electron chi connectivity index (χ2n) is 3.33. The summed E-state index contributed by atoms with van der Waals surface area (Å²) >= 11 is 0. The molecule has 1 rings (SSSR count). The summed E-state index contributed by atoms with van der Waals surface area (Å²) in [6.45, 7) is 4.29. The van der Waals surface area contributed by atoms with E-state index in [1.165, 1.54) is 0 Å². The second kappa shape index (κ2) is 6.51. The summed E-state index contributed by atoms with van der Waals surface area (Å²) in [5, 5.41) is 0. The number of hydrogen-bond acceptors (Lipinski definition) is 3. The summed E-state index contributed by atoms with van der Waals surface area (Å²) in [5.74, 6) is 0.476. The molecule has 0 radical (unpaired) electrons. The number of nitrogens with one attached hydrogen (secondary N) is 1. The van der Waals surface area contributed by atoms with Gasteiger partial charge in [0.25, 0.3) is 0 Å². The van der Waals surface area contributed by atoms with Crippen molar-refractivity contribution < 1.29 is 4.84 Å². The highest BCUT2D eigenvalue weighted by Crippen LogP contribution is 2.19. The van der Waals surface area contributed by atoms with Gasteiger partial charge in [-0.15, -0.1) is 0 Å². The first-order chi connectivity index (χ1) is 6.25. The van der Waals surface area contributed by atoms with Gasteiger partial charge >= 0.3 is 0 Å². The Balaban J connectivity index is 0.00000169. The molecule has 0 bridgehead atoms. The van der Waals surface area contributed by atoms with Gasteiger partial charge in [-0.25, -0.2) is 0 Å². The molecule has 0 aliphatic heterocycles. The van der Waals surface area contributed by atoms with Crippen LogP contribution in [-0.2, 0) is 4.84 Å². The first-order valence-electron chi connectivity index (χ1n) is 4.44. The van der Waals surface area contributed by atoms with Gasteiger partial charge in [0.2, 0.25) is 0 Å². The molecule has 1 atom stereocenters. The maximum Gasteiger partial charge on any atom is 0.0609 e. The quantitative estimate of drug-likeness (QED) is 0.751. The fourth-order valence-corrected chi connectivity index (χ4v) is 1.28. The Morgan fingerprint density at radius 3 is 2.57 bits per heavy atom. The molecular weight excluding hydrogens is 176 g/mol. The van der Waals surface area contributed by atoms with E-state index in [9.17, 15) is 0 Å². The standard InChI is InChI=1S/C10H16N2O.CH4/c1-8(2)10(12-13-3)9-5-4-6-11-7-9;/h4-8,10,12H,1-3H3;1H4/t10-;/m1./s1. The van der Waals surface area contributed by atoms with E-state index in [0.717, 1.165) is 5.56 Å². The summed E-state index contributed by atoms with van der Waals surface area (Å²) < 4.78 is 0. The molecule has 0 saturated carbocycles. The van der Waals surface area contributed by atoms with Crippen LogP contribution in [0.4, 0.5) is 0 Å². The van der Waals surface area contributed by atoms with Gasteiger partial charge < -0.3 is 4.84 Å². The Labute approximate surface area is 86.5 Å². The third kappa shape index (κ3) is 3.44. The van der Waals surface area contributed by atoms with E-state index in [4.69, 9.17) is 4.84 Å². The lowest BCUT2D eigenvalue weighted by atomic mass is 9.98. The largest absolute Gasteiger partial charge is 0.305 e. The lowest BCUT2D eigenvalue weighted by Crippen LogP contribution is -2.24. The van der Waals surface area contributed by atoms with Crippen LogP contribution >= 0.6 is 0 Å². The van der Waals surface area contributed by atoms with E-state index in [2.05, 4.69) is 24.3 Å². The molecule has 0 fully saturated rings.